The van der Waals surface area contributed by atoms with Crippen LogP contribution in [0.4, 0.5) is 0 Å². The molecule has 0 aliphatic carbocycles. The van der Waals surface area contributed by atoms with E-state index in [-0.39, 0.29) is 4.90 Å². The number of furan rings is 1. The number of ether oxygens (including phenoxy) is 1. The maximum absolute atomic E-state index is 12.8. The van der Waals surface area contributed by atoms with Crippen molar-refractivity contribution in [3.8, 4) is 0 Å². The molecule has 1 aliphatic heterocycles. The molecule has 114 valence electrons. The Balaban J connectivity index is 2.39. The lowest BCUT2D eigenvalue weighted by Gasteiger charge is -2.40. The van der Waals surface area contributed by atoms with Crippen LogP contribution in [0.25, 0.3) is 0 Å². The lowest BCUT2D eigenvalue weighted by atomic mass is 10.1. The van der Waals surface area contributed by atoms with Gasteiger partial charge in [-0.3, -0.25) is 0 Å². The SMILES string of the molecule is CNCc1cc(S(=O)(=O)N2CCOCC2(C)C)c(C)o1. The molecule has 0 saturated carbocycles. The third-order valence-corrected chi connectivity index (χ3v) is 5.63. The van der Waals surface area contributed by atoms with Crippen molar-refractivity contribution in [1.29, 1.82) is 0 Å². The van der Waals surface area contributed by atoms with Gasteiger partial charge in [0, 0.05) is 12.6 Å². The molecule has 7 heteroatoms. The van der Waals surface area contributed by atoms with Crippen LogP contribution in [0.15, 0.2) is 15.4 Å². The van der Waals surface area contributed by atoms with E-state index in [2.05, 4.69) is 5.32 Å². The molecule has 0 atom stereocenters. The summed E-state index contributed by atoms with van der Waals surface area (Å²) in [5, 5.41) is 2.95. The van der Waals surface area contributed by atoms with Crippen LogP contribution in [0.5, 0.6) is 0 Å². The number of sulfonamides is 1. The largest absolute Gasteiger partial charge is 0.464 e. The fraction of sp³-hybridized carbons (Fsp3) is 0.692. The van der Waals surface area contributed by atoms with Crippen LogP contribution in [-0.4, -0.2) is 45.1 Å². The molecule has 2 rings (SSSR count). The second-order valence-corrected chi connectivity index (χ2v) is 7.44. The fourth-order valence-corrected chi connectivity index (χ4v) is 4.39. The van der Waals surface area contributed by atoms with E-state index in [1.807, 2.05) is 13.8 Å². The lowest BCUT2D eigenvalue weighted by molar-refractivity contribution is -0.00774. The Morgan fingerprint density at radius 3 is 2.75 bits per heavy atom. The predicted molar refractivity (Wildman–Crippen MR) is 75.0 cm³/mol. The first kappa shape index (κ1) is 15.5. The van der Waals surface area contributed by atoms with Crippen LogP contribution in [0.3, 0.4) is 0 Å². The number of morpholine rings is 1. The normalized spacial score (nSPS) is 20.2. The average Bonchev–Trinajstić information content (AvgIpc) is 2.70. The fourth-order valence-electron chi connectivity index (χ4n) is 2.45. The van der Waals surface area contributed by atoms with Crippen molar-refractivity contribution >= 4 is 10.0 Å². The first-order valence-electron chi connectivity index (χ1n) is 6.63. The summed E-state index contributed by atoms with van der Waals surface area (Å²) in [6.07, 6.45) is 0. The van der Waals surface area contributed by atoms with Crippen molar-refractivity contribution in [2.45, 2.75) is 37.8 Å². The number of hydrogen-bond donors (Lipinski definition) is 1. The summed E-state index contributed by atoms with van der Waals surface area (Å²) in [5.41, 5.74) is -0.552. The minimum atomic E-state index is -3.57. The molecule has 1 aliphatic rings. The molecular formula is C13H22N2O4S. The highest BCUT2D eigenvalue weighted by atomic mass is 32.2. The van der Waals surface area contributed by atoms with Gasteiger partial charge in [-0.05, 0) is 27.8 Å². The van der Waals surface area contributed by atoms with E-state index in [4.69, 9.17) is 9.15 Å². The molecule has 0 aromatic carbocycles. The molecule has 1 fully saturated rings. The highest BCUT2D eigenvalue weighted by Crippen LogP contribution is 2.30. The van der Waals surface area contributed by atoms with Gasteiger partial charge in [-0.2, -0.15) is 4.31 Å². The summed E-state index contributed by atoms with van der Waals surface area (Å²) < 4.78 is 38.0. The van der Waals surface area contributed by atoms with Gasteiger partial charge in [0.25, 0.3) is 0 Å². The lowest BCUT2D eigenvalue weighted by Crippen LogP contribution is -2.55. The molecule has 0 spiro atoms. The molecule has 0 radical (unpaired) electrons. The minimum absolute atomic E-state index is 0.248. The van der Waals surface area contributed by atoms with Gasteiger partial charge in [-0.15, -0.1) is 0 Å². The standard InChI is InChI=1S/C13H22N2O4S/c1-10-12(7-11(19-10)8-14-4)20(16,17)15-5-6-18-9-13(15,2)3/h7,14H,5-6,8-9H2,1-4H3. The van der Waals surface area contributed by atoms with Crippen molar-refractivity contribution in [1.82, 2.24) is 9.62 Å². The Kier molecular flexibility index (Phi) is 4.24. The summed E-state index contributed by atoms with van der Waals surface area (Å²) in [6, 6.07) is 1.60. The van der Waals surface area contributed by atoms with Crippen molar-refractivity contribution in [3.63, 3.8) is 0 Å². The molecule has 0 bridgehead atoms. The molecule has 1 aromatic rings. The zero-order chi connectivity index (χ0) is 15.0. The van der Waals surface area contributed by atoms with Gasteiger partial charge in [0.05, 0.1) is 25.3 Å². The number of nitrogens with one attached hydrogen (secondary N) is 1. The summed E-state index contributed by atoms with van der Waals surface area (Å²) in [4.78, 5) is 0.248. The van der Waals surface area contributed by atoms with Gasteiger partial charge in [-0.1, -0.05) is 0 Å². The Bertz CT molecular complexity index is 577. The predicted octanol–water partition coefficient (Wildman–Crippen LogP) is 1.11. The van der Waals surface area contributed by atoms with E-state index in [9.17, 15) is 8.42 Å². The van der Waals surface area contributed by atoms with E-state index in [0.29, 0.717) is 37.8 Å². The average molecular weight is 302 g/mol. The van der Waals surface area contributed by atoms with Crippen LogP contribution in [-0.2, 0) is 21.3 Å². The van der Waals surface area contributed by atoms with E-state index in [0.717, 1.165) is 0 Å². The first-order valence-corrected chi connectivity index (χ1v) is 8.07. The van der Waals surface area contributed by atoms with Crippen LogP contribution >= 0.6 is 0 Å². The molecule has 2 heterocycles. The van der Waals surface area contributed by atoms with Gasteiger partial charge in [0.1, 0.15) is 16.4 Å². The van der Waals surface area contributed by atoms with Crippen molar-refractivity contribution in [2.24, 2.45) is 0 Å². The molecule has 20 heavy (non-hydrogen) atoms. The minimum Gasteiger partial charge on any atom is -0.464 e. The Hall–Kier alpha value is -0.890. The van der Waals surface area contributed by atoms with Gasteiger partial charge < -0.3 is 14.5 Å². The molecule has 0 unspecified atom stereocenters. The molecule has 6 nitrogen and oxygen atoms in total. The maximum Gasteiger partial charge on any atom is 0.247 e. The van der Waals surface area contributed by atoms with E-state index in [1.165, 1.54) is 4.31 Å². The van der Waals surface area contributed by atoms with Gasteiger partial charge in [0.2, 0.25) is 10.0 Å². The van der Waals surface area contributed by atoms with Crippen molar-refractivity contribution in [3.05, 3.63) is 17.6 Å². The first-order chi connectivity index (χ1) is 9.29. The second-order valence-electron chi connectivity index (χ2n) is 5.61. The molecule has 1 aromatic heterocycles. The van der Waals surface area contributed by atoms with Crippen LogP contribution in [0.2, 0.25) is 0 Å². The Labute approximate surface area is 120 Å². The highest BCUT2D eigenvalue weighted by molar-refractivity contribution is 7.89. The second kappa shape index (κ2) is 5.48. The van der Waals surface area contributed by atoms with Crippen LogP contribution in [0.1, 0.15) is 25.4 Å². The van der Waals surface area contributed by atoms with Gasteiger partial charge in [0.15, 0.2) is 0 Å². The zero-order valence-electron chi connectivity index (χ0n) is 12.4. The highest BCUT2D eigenvalue weighted by Gasteiger charge is 2.41. The quantitative estimate of drug-likeness (QED) is 0.902. The number of hydrogen-bond acceptors (Lipinski definition) is 5. The van der Waals surface area contributed by atoms with Crippen molar-refractivity contribution in [2.75, 3.05) is 26.8 Å². The number of rotatable bonds is 4. The summed E-state index contributed by atoms with van der Waals surface area (Å²) >= 11 is 0. The van der Waals surface area contributed by atoms with E-state index < -0.39 is 15.6 Å². The van der Waals surface area contributed by atoms with Crippen LogP contribution < -0.4 is 5.32 Å². The molecule has 0 amide bonds. The summed E-state index contributed by atoms with van der Waals surface area (Å²) in [7, 11) is -1.78. The zero-order valence-corrected chi connectivity index (χ0v) is 13.2. The molecule has 1 saturated heterocycles. The van der Waals surface area contributed by atoms with E-state index in [1.54, 1.807) is 20.0 Å². The van der Waals surface area contributed by atoms with Crippen molar-refractivity contribution < 1.29 is 17.6 Å². The number of aryl methyl sites for hydroxylation is 1. The smallest absolute Gasteiger partial charge is 0.247 e. The third-order valence-electron chi connectivity index (χ3n) is 3.41. The monoisotopic (exact) mass is 302 g/mol. The van der Waals surface area contributed by atoms with Gasteiger partial charge in [-0.25, -0.2) is 8.42 Å². The summed E-state index contributed by atoms with van der Waals surface area (Å²) in [6.45, 7) is 7.10. The topological polar surface area (TPSA) is 71.8 Å². The maximum atomic E-state index is 12.8. The van der Waals surface area contributed by atoms with E-state index >= 15 is 0 Å². The molecular weight excluding hydrogens is 280 g/mol. The molecule has 1 N–H and O–H groups in total. The number of nitrogens with zero attached hydrogens (tertiary/aromatic N) is 1. The van der Waals surface area contributed by atoms with Crippen LogP contribution in [0, 0.1) is 6.92 Å². The Morgan fingerprint density at radius 1 is 1.45 bits per heavy atom. The summed E-state index contributed by atoms with van der Waals surface area (Å²) in [5.74, 6) is 1.05. The Morgan fingerprint density at radius 2 is 2.15 bits per heavy atom. The third kappa shape index (κ3) is 2.76. The van der Waals surface area contributed by atoms with Gasteiger partial charge >= 0.3 is 0 Å².